The van der Waals surface area contributed by atoms with Crippen LogP contribution in [0.4, 0.5) is 0 Å². The molecule has 0 rings (SSSR count). The molecule has 0 N–H and O–H groups in total. The van der Waals surface area contributed by atoms with E-state index in [9.17, 15) is 0 Å². The summed E-state index contributed by atoms with van der Waals surface area (Å²) in [5.74, 6) is 1.94. The van der Waals surface area contributed by atoms with E-state index in [0.717, 1.165) is 0 Å². The Kier molecular flexibility index (Phi) is 49.4. The third-order valence-electron chi connectivity index (χ3n) is 0.102. The molecule has 28 valence electrons. The molecular formula is C4H3ClMg. The summed E-state index contributed by atoms with van der Waals surface area (Å²) in [6.07, 6.45) is 7.38. The van der Waals surface area contributed by atoms with Crippen LogP contribution >= 0.6 is 0 Å². The normalized spacial score (nSPS) is 2.50. The van der Waals surface area contributed by atoms with Gasteiger partial charge in [0.1, 0.15) is 0 Å². The summed E-state index contributed by atoms with van der Waals surface area (Å²) in [7, 11) is 0. The van der Waals surface area contributed by atoms with Gasteiger partial charge in [-0.25, -0.2) is 0 Å². The quantitative estimate of drug-likeness (QED) is 0.182. The molecule has 0 aliphatic carbocycles. The molecule has 0 aliphatic heterocycles. The van der Waals surface area contributed by atoms with Crippen LogP contribution in [0.25, 0.3) is 0 Å². The standard InChI is InChI=1S/C4H3.ClH.Mg/c1-3-4-2;;/h3H,1H2;1H;/q-1;;+2/p-1. The molecule has 0 nitrogen and oxygen atoms in total. The number of allylic oxidation sites excluding steroid dienone is 1. The van der Waals surface area contributed by atoms with Gasteiger partial charge in [0, 0.05) is 0 Å². The van der Waals surface area contributed by atoms with Crippen LogP contribution in [0.5, 0.6) is 0 Å². The van der Waals surface area contributed by atoms with Crippen molar-refractivity contribution in [1.29, 1.82) is 0 Å². The van der Waals surface area contributed by atoms with Gasteiger partial charge in [0.05, 0.1) is 0 Å². The first kappa shape index (κ1) is 16.2. The van der Waals surface area contributed by atoms with Crippen LogP contribution in [0, 0.1) is 12.3 Å². The Balaban J connectivity index is -0.0000000450. The van der Waals surface area contributed by atoms with Crippen molar-refractivity contribution in [3.05, 3.63) is 19.1 Å². The summed E-state index contributed by atoms with van der Waals surface area (Å²) < 4.78 is 0. The second-order valence-corrected chi connectivity index (χ2v) is 0.348. The van der Waals surface area contributed by atoms with Gasteiger partial charge in [-0.3, -0.25) is 5.92 Å². The van der Waals surface area contributed by atoms with E-state index in [-0.39, 0.29) is 35.5 Å². The molecular weight excluding hydrogens is 108 g/mol. The van der Waals surface area contributed by atoms with E-state index in [4.69, 9.17) is 6.42 Å². The van der Waals surface area contributed by atoms with Crippen molar-refractivity contribution >= 4 is 23.1 Å². The van der Waals surface area contributed by atoms with Crippen LogP contribution in [0.1, 0.15) is 0 Å². The van der Waals surface area contributed by atoms with E-state index in [0.29, 0.717) is 0 Å². The summed E-state index contributed by atoms with van der Waals surface area (Å²) in [5.41, 5.74) is 0. The summed E-state index contributed by atoms with van der Waals surface area (Å²) in [6.45, 7) is 3.18. The molecule has 2 heteroatoms. The molecule has 0 heterocycles. The average molecular weight is 111 g/mol. The first-order valence-electron chi connectivity index (χ1n) is 0.947. The number of hydrogen-bond acceptors (Lipinski definition) is 0. The fraction of sp³-hybridized carbons (Fsp3) is 0. The van der Waals surface area contributed by atoms with Crippen LogP contribution in [0.15, 0.2) is 12.7 Å². The second kappa shape index (κ2) is 18.3. The molecule has 0 aromatic carbocycles. The van der Waals surface area contributed by atoms with Gasteiger partial charge < -0.3 is 18.8 Å². The van der Waals surface area contributed by atoms with Crippen LogP contribution in [-0.4, -0.2) is 23.1 Å². The molecule has 0 fully saturated rings. The van der Waals surface area contributed by atoms with E-state index < -0.39 is 0 Å². The van der Waals surface area contributed by atoms with Gasteiger partial charge in [0.25, 0.3) is 0 Å². The molecule has 0 aliphatic rings. The topological polar surface area (TPSA) is 0 Å². The van der Waals surface area contributed by atoms with Crippen molar-refractivity contribution in [2.24, 2.45) is 0 Å². The van der Waals surface area contributed by atoms with Gasteiger partial charge in [0.2, 0.25) is 0 Å². The van der Waals surface area contributed by atoms with Gasteiger partial charge in [-0.1, -0.05) is 0 Å². The Hall–Kier alpha value is 0.356. The maximum absolute atomic E-state index is 6.08. The predicted octanol–water partition coefficient (Wildman–Crippen LogP) is -2.61. The minimum absolute atomic E-state index is 0. The van der Waals surface area contributed by atoms with Crippen molar-refractivity contribution in [3.8, 4) is 5.92 Å². The molecule has 0 aromatic rings. The fourth-order valence-corrected chi connectivity index (χ4v) is 0. The van der Waals surface area contributed by atoms with Gasteiger partial charge in [-0.05, 0) is 0 Å². The maximum Gasteiger partial charge on any atom is 2.00 e. The molecule has 6 heavy (non-hydrogen) atoms. The molecule has 0 radical (unpaired) electrons. The van der Waals surface area contributed by atoms with E-state index in [1.807, 2.05) is 5.92 Å². The van der Waals surface area contributed by atoms with Crippen molar-refractivity contribution in [2.75, 3.05) is 0 Å². The number of halogens is 1. The van der Waals surface area contributed by atoms with Crippen molar-refractivity contribution in [3.63, 3.8) is 0 Å². The minimum atomic E-state index is 0. The molecule has 0 atom stereocenters. The van der Waals surface area contributed by atoms with Crippen LogP contribution in [-0.2, 0) is 0 Å². The third-order valence-corrected chi connectivity index (χ3v) is 0.102. The van der Waals surface area contributed by atoms with Crippen LogP contribution < -0.4 is 12.4 Å². The Labute approximate surface area is 60.6 Å². The first-order chi connectivity index (χ1) is 1.91. The fourth-order valence-electron chi connectivity index (χ4n) is 0. The van der Waals surface area contributed by atoms with E-state index in [1.54, 1.807) is 0 Å². The maximum atomic E-state index is 6.08. The smallest absolute Gasteiger partial charge is 1.00 e. The van der Waals surface area contributed by atoms with Gasteiger partial charge in [-0.2, -0.15) is 12.7 Å². The largest absolute Gasteiger partial charge is 2.00 e. The Morgan fingerprint density at radius 3 is 1.83 bits per heavy atom. The molecule has 0 aromatic heterocycles. The van der Waals surface area contributed by atoms with Crippen molar-refractivity contribution < 1.29 is 12.4 Å². The van der Waals surface area contributed by atoms with Gasteiger partial charge in [0.15, 0.2) is 0 Å². The second-order valence-electron chi connectivity index (χ2n) is 0.348. The van der Waals surface area contributed by atoms with Gasteiger partial charge in [-0.15, -0.1) is 0 Å². The average Bonchev–Trinajstić information content (AvgIpc) is 1.37. The van der Waals surface area contributed by atoms with Crippen LogP contribution in [0.2, 0.25) is 0 Å². The Morgan fingerprint density at radius 1 is 1.67 bits per heavy atom. The summed E-state index contributed by atoms with van der Waals surface area (Å²) >= 11 is 0. The monoisotopic (exact) mass is 110 g/mol. The van der Waals surface area contributed by atoms with Crippen molar-refractivity contribution in [2.45, 2.75) is 0 Å². The summed E-state index contributed by atoms with van der Waals surface area (Å²) in [6, 6.07) is 0. The zero-order valence-electron chi connectivity index (χ0n) is 3.37. The van der Waals surface area contributed by atoms with E-state index in [1.165, 1.54) is 6.08 Å². The predicted molar refractivity (Wildman–Crippen MR) is 23.1 cm³/mol. The molecule has 0 bridgehead atoms. The van der Waals surface area contributed by atoms with Gasteiger partial charge >= 0.3 is 23.1 Å². The Morgan fingerprint density at radius 2 is 1.83 bits per heavy atom. The summed E-state index contributed by atoms with van der Waals surface area (Å²) in [4.78, 5) is 0. The van der Waals surface area contributed by atoms with Crippen molar-refractivity contribution in [1.82, 2.24) is 0 Å². The zero-order valence-corrected chi connectivity index (χ0v) is 5.54. The minimum Gasteiger partial charge on any atom is -1.00 e. The van der Waals surface area contributed by atoms with Crippen LogP contribution in [0.3, 0.4) is 0 Å². The number of rotatable bonds is 0. The molecule has 0 saturated carbocycles. The first-order valence-corrected chi connectivity index (χ1v) is 0.947. The van der Waals surface area contributed by atoms with E-state index >= 15 is 0 Å². The Bertz CT molecular complexity index is 53.1. The molecule has 0 unspecified atom stereocenters. The number of hydrogen-bond donors (Lipinski definition) is 0. The zero-order chi connectivity index (χ0) is 3.41. The molecule has 0 spiro atoms. The SMILES string of the molecule is [C-]#CC=C.[Cl-].[Mg+2]. The molecule has 0 saturated heterocycles. The van der Waals surface area contributed by atoms with E-state index in [2.05, 4.69) is 6.58 Å². The summed E-state index contributed by atoms with van der Waals surface area (Å²) in [5, 5.41) is 0. The molecule has 0 amide bonds. The third kappa shape index (κ3) is 26.7.